The number of carbonyl (C=O) groups is 13. The number of amides is 12. The van der Waals surface area contributed by atoms with Gasteiger partial charge in [-0.3, -0.25) is 57.5 Å². The molecule has 0 aromatic heterocycles. The van der Waals surface area contributed by atoms with Gasteiger partial charge >= 0.3 is 12.1 Å². The van der Waals surface area contributed by atoms with Crippen LogP contribution in [-0.2, 0) is 71.7 Å². The van der Waals surface area contributed by atoms with Crippen molar-refractivity contribution in [3.05, 3.63) is 12.2 Å². The minimum absolute atomic E-state index is 0.0140. The molecular formula is C68H118N12O17. The van der Waals surface area contributed by atoms with E-state index in [1.165, 1.54) is 86.7 Å². The van der Waals surface area contributed by atoms with E-state index in [4.69, 9.17) is 14.2 Å². The molecule has 0 aromatic carbocycles. The van der Waals surface area contributed by atoms with E-state index in [-0.39, 0.29) is 82.1 Å². The van der Waals surface area contributed by atoms with Gasteiger partial charge in [0, 0.05) is 62.3 Å². The van der Waals surface area contributed by atoms with Crippen molar-refractivity contribution < 1.29 is 81.6 Å². The highest BCUT2D eigenvalue weighted by Gasteiger charge is 2.47. The lowest BCUT2D eigenvalue weighted by Crippen LogP contribution is -2.65. The Kier molecular flexibility index (Phi) is 34.6. The van der Waals surface area contributed by atoms with Crippen molar-refractivity contribution in [2.45, 2.75) is 242 Å². The maximum atomic E-state index is 15.3. The number of aliphatic hydroxyl groups is 1. The second-order valence-electron chi connectivity index (χ2n) is 28.3. The molecule has 15 atom stereocenters. The fourth-order valence-electron chi connectivity index (χ4n) is 12.0. The van der Waals surface area contributed by atoms with Gasteiger partial charge in [-0.25, -0.2) is 4.79 Å². The van der Waals surface area contributed by atoms with E-state index in [9.17, 15) is 38.7 Å². The molecule has 6 N–H and O–H groups in total. The first-order valence-electron chi connectivity index (χ1n) is 34.1. The number of aliphatic hydroxyl groups excluding tert-OH is 1. The molecule has 29 nitrogen and oxygen atoms in total. The predicted octanol–water partition coefficient (Wildman–Crippen LogP) is 2.06. The zero-order valence-corrected chi connectivity index (χ0v) is 62.2. The Morgan fingerprint density at radius 3 is 1.40 bits per heavy atom. The normalized spacial score (nSPS) is 27.1. The molecule has 2 saturated heterocycles. The Labute approximate surface area is 575 Å². The van der Waals surface area contributed by atoms with Crippen molar-refractivity contribution in [2.75, 3.05) is 68.6 Å². The minimum Gasteiger partial charge on any atom is -0.460 e. The van der Waals surface area contributed by atoms with Gasteiger partial charge in [0.15, 0.2) is 0 Å². The molecule has 2 heterocycles. The average Bonchev–Trinajstić information content (AvgIpc) is 0.808. The number of hydrogen-bond acceptors (Lipinski definition) is 17. The third-order valence-electron chi connectivity index (χ3n) is 17.8. The number of rotatable bonds is 17. The van der Waals surface area contributed by atoms with Crippen LogP contribution < -0.4 is 26.6 Å². The van der Waals surface area contributed by atoms with Crippen LogP contribution in [0.4, 0.5) is 4.79 Å². The minimum atomic E-state index is -1.85. The Hall–Kier alpha value is -7.43. The lowest BCUT2D eigenvalue weighted by Gasteiger charge is -2.40. The van der Waals surface area contributed by atoms with E-state index in [2.05, 4.69) is 26.6 Å². The fraction of sp³-hybridized carbons (Fsp3) is 0.779. The molecule has 29 heteroatoms. The van der Waals surface area contributed by atoms with Crippen molar-refractivity contribution in [1.82, 2.24) is 60.9 Å². The number of morpholine rings is 1. The first-order chi connectivity index (χ1) is 44.9. The summed E-state index contributed by atoms with van der Waals surface area (Å²) in [6.45, 7) is 29.7. The number of nitrogens with one attached hydrogen (secondary N) is 5. The van der Waals surface area contributed by atoms with Gasteiger partial charge < -0.3 is 80.2 Å². The molecule has 0 saturated carbocycles. The topological polar surface area (TPSA) is 353 Å². The summed E-state index contributed by atoms with van der Waals surface area (Å²) in [5.74, 6) is -12.6. The molecule has 2 fully saturated rings. The summed E-state index contributed by atoms with van der Waals surface area (Å²) in [5.41, 5.74) is 0. The third-order valence-corrected chi connectivity index (χ3v) is 17.8. The Bertz CT molecular complexity index is 2760. The van der Waals surface area contributed by atoms with Gasteiger partial charge in [-0.2, -0.15) is 0 Å². The SMILES string of the molecule is C/C=C/C[C@@H](C)[C@@H](O)[C@H]1C(=O)N[C@@H]([C@@H](C)OC(C)=O)C(=O)N(C)[C@H](C)C(=O)N(C)[C@@H](C(C)OC(=O)N2CCOCC2)C(=O)N[C@@H](CC(C)C)C(=O)N(C)[C@@H](CC(C)C)C(=O)N[C@@H](C)C(=O)N[C@H](C)C(=O)N(C)[C@@H](CC(C)C)C(=O)N[C@@H](CC(C)C)C(=O)N(C)[C@@H](C(C)C)C(=O)N1C. The summed E-state index contributed by atoms with van der Waals surface area (Å²) >= 11 is 0. The number of likely N-dealkylation sites (N-methyl/N-ethyl adjacent to an activating group) is 6. The van der Waals surface area contributed by atoms with E-state index < -0.39 is 174 Å². The highest BCUT2D eigenvalue weighted by molar-refractivity contribution is 6.00. The van der Waals surface area contributed by atoms with Gasteiger partial charge in [-0.1, -0.05) is 88.3 Å². The lowest BCUT2D eigenvalue weighted by atomic mass is 9.91. The van der Waals surface area contributed by atoms with Gasteiger partial charge in [0.2, 0.25) is 65.0 Å². The van der Waals surface area contributed by atoms with Crippen LogP contribution in [0.1, 0.15) is 157 Å². The van der Waals surface area contributed by atoms with Crippen LogP contribution in [0.25, 0.3) is 0 Å². The number of hydrogen-bond donors (Lipinski definition) is 6. The number of allylic oxidation sites excluding steroid dienone is 2. The monoisotopic (exact) mass is 1370 g/mol. The van der Waals surface area contributed by atoms with Crippen LogP contribution >= 0.6 is 0 Å². The van der Waals surface area contributed by atoms with Gasteiger partial charge in [0.1, 0.15) is 78.7 Å². The molecule has 2 aliphatic heterocycles. The van der Waals surface area contributed by atoms with Crippen molar-refractivity contribution in [3.8, 4) is 0 Å². The molecule has 2 rings (SSSR count). The van der Waals surface area contributed by atoms with Gasteiger partial charge in [0.25, 0.3) is 0 Å². The molecule has 1 unspecified atom stereocenters. The summed E-state index contributed by atoms with van der Waals surface area (Å²) in [6.07, 6.45) is -1.61. The zero-order valence-electron chi connectivity index (χ0n) is 62.2. The molecule has 0 aliphatic carbocycles. The Balaban J connectivity index is 3.15. The maximum Gasteiger partial charge on any atom is 0.410 e. The smallest absolute Gasteiger partial charge is 0.410 e. The van der Waals surface area contributed by atoms with E-state index in [0.29, 0.717) is 0 Å². The molecular weight excluding hydrogens is 1260 g/mol. The molecule has 0 bridgehead atoms. The van der Waals surface area contributed by atoms with Crippen LogP contribution in [0.15, 0.2) is 12.2 Å². The second kappa shape index (κ2) is 39.2. The molecule has 97 heavy (non-hydrogen) atoms. The van der Waals surface area contributed by atoms with Gasteiger partial charge in [-0.15, -0.1) is 0 Å². The van der Waals surface area contributed by atoms with Crippen LogP contribution in [0.5, 0.6) is 0 Å². The molecule has 552 valence electrons. The maximum absolute atomic E-state index is 15.3. The summed E-state index contributed by atoms with van der Waals surface area (Å²) in [5, 5.41) is 25.9. The number of carbonyl (C=O) groups excluding carboxylic acids is 13. The molecule has 0 radical (unpaired) electrons. The van der Waals surface area contributed by atoms with Gasteiger partial charge in [0.05, 0.1) is 19.3 Å². The lowest BCUT2D eigenvalue weighted by molar-refractivity contribution is -0.158. The standard InChI is InChI=1S/C68H118N12O17/c1-25-26-27-41(12)56(82)55-61(87)73-52(45(16)96-47(18)81)66(92)74(19)44(15)63(89)78(23)54(46(17)97-68(94)80-28-30-95-31-29-80)60(86)72-48(32-36(2)3)64(90)76(21)50(34-38(6)7)58(84)69-42(13)57(83)70-43(14)62(88)75(20)51(35-39(8)9)59(85)71-49(33-37(4)5)65(91)77(22)53(40(10)11)67(93)79(55)24/h25-26,36-46,48-56,82H,27-35H2,1-24H3,(H,69,84)(H,70,83)(H,71,85)(H,72,86)(H,73,87)/b26-25+/t41-,42+,43-,44-,45-,46?,48+,49+,50+,51+,52+,53+,54+,55+,56-/m1/s1. The van der Waals surface area contributed by atoms with Gasteiger partial charge in [-0.05, 0) is 109 Å². The van der Waals surface area contributed by atoms with E-state index >= 15 is 28.8 Å². The summed E-state index contributed by atoms with van der Waals surface area (Å²) in [6, 6.07) is -16.1. The van der Waals surface area contributed by atoms with E-state index in [0.717, 1.165) is 31.4 Å². The fourth-order valence-corrected chi connectivity index (χ4v) is 12.0. The first kappa shape index (κ1) is 85.7. The predicted molar refractivity (Wildman–Crippen MR) is 363 cm³/mol. The third kappa shape index (κ3) is 24.5. The summed E-state index contributed by atoms with van der Waals surface area (Å²) in [4.78, 5) is 198. The van der Waals surface area contributed by atoms with Crippen LogP contribution in [-0.4, -0.2) is 270 Å². The molecule has 0 aromatic rings. The Morgan fingerprint density at radius 1 is 0.495 bits per heavy atom. The summed E-state index contributed by atoms with van der Waals surface area (Å²) < 4.78 is 16.9. The molecule has 12 amide bonds. The van der Waals surface area contributed by atoms with Crippen molar-refractivity contribution in [2.24, 2.45) is 35.5 Å². The number of esters is 1. The van der Waals surface area contributed by atoms with Crippen LogP contribution in [0.3, 0.4) is 0 Å². The van der Waals surface area contributed by atoms with E-state index in [1.54, 1.807) is 53.7 Å². The molecule has 0 spiro atoms. The van der Waals surface area contributed by atoms with Crippen molar-refractivity contribution in [3.63, 3.8) is 0 Å². The van der Waals surface area contributed by atoms with Crippen LogP contribution in [0.2, 0.25) is 0 Å². The average molecular weight is 1380 g/mol. The number of ether oxygens (including phenoxy) is 3. The number of nitrogens with zero attached hydrogens (tertiary/aromatic N) is 7. The quantitative estimate of drug-likeness (QED) is 0.0896. The highest BCUT2D eigenvalue weighted by Crippen LogP contribution is 2.25. The zero-order chi connectivity index (χ0) is 74.5. The molecule has 2 aliphatic rings. The summed E-state index contributed by atoms with van der Waals surface area (Å²) in [7, 11) is 7.81. The largest absolute Gasteiger partial charge is 0.460 e. The first-order valence-corrected chi connectivity index (χ1v) is 34.1. The van der Waals surface area contributed by atoms with Crippen molar-refractivity contribution >= 4 is 77.0 Å². The second-order valence-corrected chi connectivity index (χ2v) is 28.3. The Morgan fingerprint density at radius 2 is 0.928 bits per heavy atom. The van der Waals surface area contributed by atoms with Crippen LogP contribution in [0, 0.1) is 35.5 Å². The van der Waals surface area contributed by atoms with Crippen molar-refractivity contribution in [1.29, 1.82) is 0 Å². The highest BCUT2D eigenvalue weighted by atomic mass is 16.6. The van der Waals surface area contributed by atoms with E-state index in [1.807, 2.05) is 41.5 Å².